The van der Waals surface area contributed by atoms with Crippen LogP contribution in [-0.4, -0.2) is 12.1 Å². The molecule has 0 saturated carbocycles. The summed E-state index contributed by atoms with van der Waals surface area (Å²) < 4.78 is 12.3. The van der Waals surface area contributed by atoms with Crippen LogP contribution in [0.5, 0.6) is 0 Å². The van der Waals surface area contributed by atoms with Gasteiger partial charge in [-0.05, 0) is 12.8 Å². The van der Waals surface area contributed by atoms with Crippen molar-refractivity contribution in [3.63, 3.8) is 0 Å². The minimum atomic E-state index is -1.04. The minimum absolute atomic E-state index is 0.533. The van der Waals surface area contributed by atoms with Crippen molar-refractivity contribution >= 4 is 5.84 Å². The molecule has 0 aromatic carbocycles. The normalized spacial score (nSPS) is 27.3. The molecule has 0 fully saturated rings. The Labute approximate surface area is 53.1 Å². The Kier molecular flexibility index (Phi) is 2.00. The summed E-state index contributed by atoms with van der Waals surface area (Å²) in [6.07, 6.45) is 1.11. The van der Waals surface area contributed by atoms with Crippen LogP contribution in [0.25, 0.3) is 0 Å². The molecule has 0 bridgehead atoms. The molecular weight excluding hydrogens is 121 g/mol. The van der Waals surface area contributed by atoms with Gasteiger partial charge in [-0.25, -0.2) is 15.2 Å². The van der Waals surface area contributed by atoms with Crippen LogP contribution in [0.3, 0.4) is 0 Å². The Hall–Kier alpha value is -0.640. The number of hydrogen-bond acceptors (Lipinski definition) is 3. The first-order valence-corrected chi connectivity index (χ1v) is 3.00. The average molecular weight is 131 g/mol. The van der Waals surface area contributed by atoms with E-state index in [4.69, 9.17) is 5.84 Å². The first-order chi connectivity index (χ1) is 4.33. The van der Waals surface area contributed by atoms with E-state index in [9.17, 15) is 4.39 Å². The van der Waals surface area contributed by atoms with Gasteiger partial charge in [-0.3, -0.25) is 0 Å². The van der Waals surface area contributed by atoms with E-state index in [0.717, 1.165) is 12.8 Å². The highest BCUT2D eigenvalue weighted by molar-refractivity contribution is 5.82. The largest absolute Gasteiger partial charge is 0.312 e. The van der Waals surface area contributed by atoms with Gasteiger partial charge in [0.15, 0.2) is 6.30 Å². The molecule has 1 unspecified atom stereocenters. The van der Waals surface area contributed by atoms with E-state index >= 15 is 0 Å². The highest BCUT2D eigenvalue weighted by Crippen LogP contribution is 2.12. The summed E-state index contributed by atoms with van der Waals surface area (Å²) in [5.41, 5.74) is 2.34. The molecule has 52 valence electrons. The molecule has 3 nitrogen and oxygen atoms in total. The predicted molar refractivity (Wildman–Crippen MR) is 33.5 cm³/mol. The van der Waals surface area contributed by atoms with Crippen molar-refractivity contribution in [3.8, 4) is 0 Å². The quantitative estimate of drug-likeness (QED) is 0.283. The molecule has 0 aromatic heterocycles. The molecule has 1 aliphatic heterocycles. The number of nitrogens with one attached hydrogen (secondary N) is 1. The van der Waals surface area contributed by atoms with E-state index in [-0.39, 0.29) is 0 Å². The average Bonchev–Trinajstić information content (AvgIpc) is 1.88. The van der Waals surface area contributed by atoms with Crippen molar-refractivity contribution in [2.45, 2.75) is 25.6 Å². The van der Waals surface area contributed by atoms with Crippen LogP contribution in [0.15, 0.2) is 4.99 Å². The first kappa shape index (κ1) is 6.48. The summed E-state index contributed by atoms with van der Waals surface area (Å²) in [6.45, 7) is 0. The molecule has 0 saturated heterocycles. The second kappa shape index (κ2) is 2.77. The molecule has 0 spiro atoms. The number of rotatable bonds is 0. The van der Waals surface area contributed by atoms with Gasteiger partial charge in [0.2, 0.25) is 0 Å². The summed E-state index contributed by atoms with van der Waals surface area (Å²) in [6, 6.07) is 0. The molecule has 0 radical (unpaired) electrons. The maximum Gasteiger partial charge on any atom is 0.191 e. The van der Waals surface area contributed by atoms with Crippen LogP contribution in [0, 0.1) is 0 Å². The first-order valence-electron chi connectivity index (χ1n) is 3.00. The van der Waals surface area contributed by atoms with Crippen molar-refractivity contribution in [2.75, 3.05) is 0 Å². The lowest BCUT2D eigenvalue weighted by Gasteiger charge is -2.13. The van der Waals surface area contributed by atoms with Gasteiger partial charge in [0.1, 0.15) is 5.84 Å². The van der Waals surface area contributed by atoms with Crippen LogP contribution in [0.4, 0.5) is 4.39 Å². The number of halogens is 1. The third-order valence-corrected chi connectivity index (χ3v) is 1.32. The van der Waals surface area contributed by atoms with Crippen LogP contribution < -0.4 is 11.3 Å². The topological polar surface area (TPSA) is 50.4 Å². The fourth-order valence-electron chi connectivity index (χ4n) is 0.846. The molecule has 4 heteroatoms. The van der Waals surface area contributed by atoms with Gasteiger partial charge in [-0.1, -0.05) is 0 Å². The van der Waals surface area contributed by atoms with Crippen LogP contribution in [0.2, 0.25) is 0 Å². The number of aliphatic imine (C=N–C) groups is 1. The van der Waals surface area contributed by atoms with Crippen molar-refractivity contribution in [1.82, 2.24) is 5.43 Å². The monoisotopic (exact) mass is 131 g/mol. The van der Waals surface area contributed by atoms with E-state index in [1.54, 1.807) is 0 Å². The molecule has 0 aliphatic carbocycles. The predicted octanol–water partition coefficient (Wildman–Crippen LogP) is 0.328. The Morgan fingerprint density at radius 3 is 3.00 bits per heavy atom. The number of amidine groups is 1. The number of hydrogen-bond donors (Lipinski definition) is 2. The van der Waals surface area contributed by atoms with Gasteiger partial charge in [0.25, 0.3) is 0 Å². The fourth-order valence-corrected chi connectivity index (χ4v) is 0.846. The smallest absolute Gasteiger partial charge is 0.191 e. The number of nitrogens with zero attached hydrogens (tertiary/aromatic N) is 1. The molecule has 1 heterocycles. The molecule has 0 amide bonds. The van der Waals surface area contributed by atoms with E-state index < -0.39 is 6.30 Å². The lowest BCUT2D eigenvalue weighted by atomic mass is 10.2. The lowest BCUT2D eigenvalue weighted by Crippen LogP contribution is -2.32. The van der Waals surface area contributed by atoms with Gasteiger partial charge < -0.3 is 5.43 Å². The third kappa shape index (κ3) is 1.64. The second-order valence-corrected chi connectivity index (χ2v) is 2.05. The minimum Gasteiger partial charge on any atom is -0.312 e. The Balaban J connectivity index is 2.49. The summed E-state index contributed by atoms with van der Waals surface area (Å²) in [7, 11) is 0. The standard InChI is InChI=1S/C5H10FN3/c6-4-2-1-3-5(8-4)9-7/h4H,1-3,7H2,(H,8,9). The van der Waals surface area contributed by atoms with Gasteiger partial charge in [-0.15, -0.1) is 0 Å². The maximum atomic E-state index is 12.3. The second-order valence-electron chi connectivity index (χ2n) is 2.05. The molecule has 0 aromatic rings. The molecule has 1 atom stereocenters. The molecule has 1 aliphatic rings. The van der Waals surface area contributed by atoms with Crippen LogP contribution >= 0.6 is 0 Å². The van der Waals surface area contributed by atoms with Crippen molar-refractivity contribution in [1.29, 1.82) is 0 Å². The van der Waals surface area contributed by atoms with Gasteiger partial charge >= 0.3 is 0 Å². The van der Waals surface area contributed by atoms with E-state index in [1.807, 2.05) is 0 Å². The molecule has 1 rings (SSSR count). The number of hydrazine groups is 1. The zero-order valence-electron chi connectivity index (χ0n) is 5.10. The molecule has 3 N–H and O–H groups in total. The van der Waals surface area contributed by atoms with Crippen LogP contribution in [0.1, 0.15) is 19.3 Å². The highest BCUT2D eigenvalue weighted by atomic mass is 19.1. The van der Waals surface area contributed by atoms with Gasteiger partial charge in [0, 0.05) is 6.42 Å². The van der Waals surface area contributed by atoms with E-state index in [0.29, 0.717) is 12.3 Å². The summed E-state index contributed by atoms with van der Waals surface area (Å²) in [4.78, 5) is 3.61. The Morgan fingerprint density at radius 1 is 1.78 bits per heavy atom. The Bertz CT molecular complexity index is 123. The van der Waals surface area contributed by atoms with Crippen molar-refractivity contribution in [2.24, 2.45) is 10.8 Å². The van der Waals surface area contributed by atoms with Crippen LogP contribution in [-0.2, 0) is 0 Å². The summed E-state index contributed by atoms with van der Waals surface area (Å²) in [5, 5.41) is 0. The van der Waals surface area contributed by atoms with E-state index in [1.165, 1.54) is 0 Å². The van der Waals surface area contributed by atoms with Crippen molar-refractivity contribution in [3.05, 3.63) is 0 Å². The zero-order chi connectivity index (χ0) is 6.69. The fraction of sp³-hybridized carbons (Fsp3) is 0.800. The van der Waals surface area contributed by atoms with E-state index in [2.05, 4.69) is 10.4 Å². The maximum absolute atomic E-state index is 12.3. The zero-order valence-corrected chi connectivity index (χ0v) is 5.10. The number of nitrogens with two attached hydrogens (primary N) is 1. The third-order valence-electron chi connectivity index (χ3n) is 1.32. The summed E-state index contributed by atoms with van der Waals surface area (Å²) in [5.74, 6) is 5.60. The highest BCUT2D eigenvalue weighted by Gasteiger charge is 2.11. The lowest BCUT2D eigenvalue weighted by molar-refractivity contribution is 0.310. The molecule has 9 heavy (non-hydrogen) atoms. The SMILES string of the molecule is NNC1=NC(F)CCC1. The van der Waals surface area contributed by atoms with Crippen molar-refractivity contribution < 1.29 is 4.39 Å². The summed E-state index contributed by atoms with van der Waals surface area (Å²) >= 11 is 0. The number of alkyl halides is 1. The Morgan fingerprint density at radius 2 is 2.56 bits per heavy atom. The van der Waals surface area contributed by atoms with Gasteiger partial charge in [0.05, 0.1) is 0 Å². The molecular formula is C5H10FN3. The van der Waals surface area contributed by atoms with Gasteiger partial charge in [-0.2, -0.15) is 0 Å².